The van der Waals surface area contributed by atoms with Crippen molar-refractivity contribution in [3.63, 3.8) is 0 Å². The van der Waals surface area contributed by atoms with Crippen LogP contribution in [0.25, 0.3) is 0 Å². The van der Waals surface area contributed by atoms with Gasteiger partial charge in [0, 0.05) is 6.61 Å². The second-order valence-corrected chi connectivity index (χ2v) is 17.4. The van der Waals surface area contributed by atoms with Gasteiger partial charge in [-0.15, -0.1) is 11.1 Å². The van der Waals surface area contributed by atoms with Gasteiger partial charge in [0.15, 0.2) is 11.9 Å². The summed E-state index contributed by atoms with van der Waals surface area (Å²) >= 11 is 0. The maximum Gasteiger partial charge on any atom is 0.189 e. The van der Waals surface area contributed by atoms with Crippen molar-refractivity contribution in [3.05, 3.63) is 0 Å². The Labute approximate surface area is 133 Å². The van der Waals surface area contributed by atoms with Crippen LogP contribution in [0.2, 0.25) is 39.3 Å². The molecule has 1 fully saturated rings. The third-order valence-corrected chi connectivity index (χ3v) is 4.61. The molecule has 0 radical (unpaired) electrons. The van der Waals surface area contributed by atoms with Gasteiger partial charge in [-0.3, -0.25) is 0 Å². The molecule has 0 aromatic carbocycles. The molecule has 1 atom stereocenters. The van der Waals surface area contributed by atoms with Crippen molar-refractivity contribution >= 4 is 16.1 Å². The second kappa shape index (κ2) is 7.16. The Bertz CT molecular complexity index is 425. The molecule has 0 bridgehead atoms. The molecule has 2 nitrogen and oxygen atoms in total. The smallest absolute Gasteiger partial charge is 0.189 e. The fraction of sp³-hybridized carbons (Fsp3) is 0.765. The number of hydrogen-bond acceptors (Lipinski definition) is 2. The summed E-state index contributed by atoms with van der Waals surface area (Å²) in [5.74, 6) is 6.63. The summed E-state index contributed by atoms with van der Waals surface area (Å²) in [6, 6.07) is 0. The highest BCUT2D eigenvalue weighted by Gasteiger charge is 2.28. The normalized spacial score (nSPS) is 20.0. The molecule has 21 heavy (non-hydrogen) atoms. The van der Waals surface area contributed by atoms with Gasteiger partial charge in [-0.05, 0) is 26.2 Å². The van der Waals surface area contributed by atoms with Gasteiger partial charge in [0.25, 0.3) is 0 Å². The van der Waals surface area contributed by atoms with Crippen molar-refractivity contribution in [1.29, 1.82) is 0 Å². The first kappa shape index (κ1) is 18.5. The molecule has 0 N–H and O–H groups in total. The standard InChI is InChI=1S/C17H30O2Si2/c1-17(11-14-20(2,3)4,12-15-21(5,6)7)19-16-10-8-9-13-18-16/h16H,8-10,13H2,1-7H3. The molecule has 1 aliphatic rings. The largest absolute Gasteiger partial charge is 0.353 e. The zero-order valence-corrected chi connectivity index (χ0v) is 16.7. The molecule has 0 amide bonds. The van der Waals surface area contributed by atoms with E-state index in [1.54, 1.807) is 0 Å². The van der Waals surface area contributed by atoms with Gasteiger partial charge >= 0.3 is 0 Å². The summed E-state index contributed by atoms with van der Waals surface area (Å²) in [6.45, 7) is 16.2. The molecule has 1 rings (SSSR count). The van der Waals surface area contributed by atoms with Crippen LogP contribution in [0.5, 0.6) is 0 Å². The van der Waals surface area contributed by atoms with Gasteiger partial charge in [-0.1, -0.05) is 51.1 Å². The van der Waals surface area contributed by atoms with Crippen LogP contribution in [0.1, 0.15) is 26.2 Å². The van der Waals surface area contributed by atoms with Crippen LogP contribution < -0.4 is 0 Å². The van der Waals surface area contributed by atoms with Crippen molar-refractivity contribution < 1.29 is 9.47 Å². The SMILES string of the molecule is CC(C#C[Si](C)(C)C)(C#C[Si](C)(C)C)OC1CCCCO1. The number of hydrogen-bond donors (Lipinski definition) is 0. The van der Waals surface area contributed by atoms with Gasteiger partial charge in [-0.2, -0.15) is 0 Å². The van der Waals surface area contributed by atoms with Crippen LogP contribution in [0.3, 0.4) is 0 Å². The lowest BCUT2D eigenvalue weighted by atomic mass is 10.1. The Kier molecular flexibility index (Phi) is 6.31. The third kappa shape index (κ3) is 8.48. The Morgan fingerprint density at radius 1 is 0.952 bits per heavy atom. The van der Waals surface area contributed by atoms with E-state index in [0.29, 0.717) is 0 Å². The van der Waals surface area contributed by atoms with E-state index in [0.717, 1.165) is 25.9 Å². The second-order valence-electron chi connectivity index (χ2n) is 7.95. The minimum Gasteiger partial charge on any atom is -0.353 e. The van der Waals surface area contributed by atoms with Crippen molar-refractivity contribution in [3.8, 4) is 22.9 Å². The van der Waals surface area contributed by atoms with E-state index in [-0.39, 0.29) is 6.29 Å². The predicted molar refractivity (Wildman–Crippen MR) is 95.3 cm³/mol. The van der Waals surface area contributed by atoms with Crippen LogP contribution in [0, 0.1) is 22.9 Å². The van der Waals surface area contributed by atoms with E-state index in [4.69, 9.17) is 9.47 Å². The van der Waals surface area contributed by atoms with E-state index in [1.807, 2.05) is 6.92 Å². The fourth-order valence-electron chi connectivity index (χ4n) is 1.77. The zero-order chi connectivity index (χ0) is 16.1. The molecule has 118 valence electrons. The summed E-state index contributed by atoms with van der Waals surface area (Å²) in [5, 5.41) is 0. The topological polar surface area (TPSA) is 18.5 Å². The Hall–Kier alpha value is -0.526. The quantitative estimate of drug-likeness (QED) is 0.564. The Morgan fingerprint density at radius 2 is 1.48 bits per heavy atom. The summed E-state index contributed by atoms with van der Waals surface area (Å²) in [7, 11) is -2.89. The number of ether oxygens (including phenoxy) is 2. The highest BCUT2D eigenvalue weighted by atomic mass is 28.3. The third-order valence-electron chi connectivity index (χ3n) is 2.86. The molecule has 4 heteroatoms. The Balaban J connectivity index is 2.96. The average Bonchev–Trinajstić information content (AvgIpc) is 2.34. The van der Waals surface area contributed by atoms with Crippen LogP contribution in [-0.4, -0.2) is 34.6 Å². The van der Waals surface area contributed by atoms with Crippen molar-refractivity contribution in [2.24, 2.45) is 0 Å². The minimum atomic E-state index is -1.45. The predicted octanol–water partition coefficient (Wildman–Crippen LogP) is 4.05. The highest BCUT2D eigenvalue weighted by Crippen LogP contribution is 2.21. The molecular formula is C17H30O2Si2. The van der Waals surface area contributed by atoms with Crippen molar-refractivity contribution in [1.82, 2.24) is 0 Å². The number of rotatable bonds is 2. The first-order valence-electron chi connectivity index (χ1n) is 7.87. The van der Waals surface area contributed by atoms with E-state index >= 15 is 0 Å². The lowest BCUT2D eigenvalue weighted by Crippen LogP contribution is -2.36. The van der Waals surface area contributed by atoms with Gasteiger partial charge < -0.3 is 9.47 Å². The lowest BCUT2D eigenvalue weighted by molar-refractivity contribution is -0.189. The molecular weight excluding hydrogens is 292 g/mol. The van der Waals surface area contributed by atoms with Crippen molar-refractivity contribution in [2.45, 2.75) is 77.4 Å². The summed E-state index contributed by atoms with van der Waals surface area (Å²) < 4.78 is 11.8. The fourth-order valence-corrected chi connectivity index (χ4v) is 3.00. The summed E-state index contributed by atoms with van der Waals surface area (Å²) in [5.41, 5.74) is 6.11. The van der Waals surface area contributed by atoms with E-state index in [2.05, 4.69) is 62.2 Å². The van der Waals surface area contributed by atoms with Gasteiger partial charge in [0.05, 0.1) is 0 Å². The van der Waals surface area contributed by atoms with E-state index in [1.165, 1.54) is 0 Å². The summed E-state index contributed by atoms with van der Waals surface area (Å²) in [4.78, 5) is 0. The minimum absolute atomic E-state index is 0.157. The molecule has 1 unspecified atom stereocenters. The van der Waals surface area contributed by atoms with Crippen molar-refractivity contribution in [2.75, 3.05) is 6.61 Å². The molecule has 0 spiro atoms. The molecule has 0 aliphatic carbocycles. The average molecular weight is 323 g/mol. The van der Waals surface area contributed by atoms with Gasteiger partial charge in [0.2, 0.25) is 0 Å². The molecule has 1 saturated heterocycles. The van der Waals surface area contributed by atoms with Gasteiger partial charge in [0.1, 0.15) is 16.1 Å². The summed E-state index contributed by atoms with van der Waals surface area (Å²) in [6.07, 6.45) is 3.07. The van der Waals surface area contributed by atoms with Gasteiger partial charge in [-0.25, -0.2) is 0 Å². The molecule has 0 aromatic heterocycles. The molecule has 0 aromatic rings. The first-order valence-corrected chi connectivity index (χ1v) is 14.9. The molecule has 1 heterocycles. The zero-order valence-electron chi connectivity index (χ0n) is 14.7. The molecule has 0 saturated carbocycles. The van der Waals surface area contributed by atoms with Crippen LogP contribution >= 0.6 is 0 Å². The lowest BCUT2D eigenvalue weighted by Gasteiger charge is -2.29. The first-order chi connectivity index (χ1) is 9.49. The molecule has 1 aliphatic heterocycles. The maximum atomic E-state index is 6.14. The highest BCUT2D eigenvalue weighted by molar-refractivity contribution is 6.84. The van der Waals surface area contributed by atoms with Crippen LogP contribution in [0.4, 0.5) is 0 Å². The Morgan fingerprint density at radius 3 is 1.86 bits per heavy atom. The van der Waals surface area contributed by atoms with Crippen LogP contribution in [-0.2, 0) is 9.47 Å². The van der Waals surface area contributed by atoms with Crippen LogP contribution in [0.15, 0.2) is 0 Å². The van der Waals surface area contributed by atoms with E-state index in [9.17, 15) is 0 Å². The maximum absolute atomic E-state index is 6.14. The monoisotopic (exact) mass is 322 g/mol. The van der Waals surface area contributed by atoms with E-state index < -0.39 is 21.7 Å².